The van der Waals surface area contributed by atoms with Gasteiger partial charge in [-0.05, 0) is 49.9 Å². The maximum absolute atomic E-state index is 12.3. The summed E-state index contributed by atoms with van der Waals surface area (Å²) < 4.78 is 0. The molecule has 23 heavy (non-hydrogen) atoms. The monoisotopic (exact) mass is 339 g/mol. The minimum atomic E-state index is -0.192. The average Bonchev–Trinajstić information content (AvgIpc) is 2.55. The van der Waals surface area contributed by atoms with Crippen LogP contribution in [0.4, 0.5) is 5.69 Å². The Bertz CT molecular complexity index is 530. The molecule has 1 heterocycles. The van der Waals surface area contributed by atoms with Gasteiger partial charge in [-0.3, -0.25) is 9.59 Å². The van der Waals surface area contributed by atoms with E-state index in [1.54, 1.807) is 25.2 Å². The third-order valence-corrected chi connectivity index (χ3v) is 4.37. The molecule has 1 atom stereocenters. The Labute approximate surface area is 144 Å². The van der Waals surface area contributed by atoms with Gasteiger partial charge in [-0.2, -0.15) is 0 Å². The zero-order chi connectivity index (χ0) is 15.9. The molecule has 0 saturated carbocycles. The van der Waals surface area contributed by atoms with Crippen molar-refractivity contribution in [1.82, 2.24) is 10.6 Å². The zero-order valence-electron chi connectivity index (χ0n) is 13.7. The Hall–Kier alpha value is -1.59. The standard InChI is InChI=1S/C17H25N3O2.ClH/c1-12(13-7-9-19-10-8-13)11-16(21)20-15-6-4-3-5-14(15)17(22)18-2;/h3-6,12-13,19H,7-11H2,1-2H3,(H,18,22)(H,20,21);1H. The summed E-state index contributed by atoms with van der Waals surface area (Å²) in [6.07, 6.45) is 2.75. The van der Waals surface area contributed by atoms with Crippen LogP contribution in [-0.4, -0.2) is 32.0 Å². The Morgan fingerprint density at radius 2 is 1.91 bits per heavy atom. The number of carbonyl (C=O) groups is 2. The number of hydrogen-bond acceptors (Lipinski definition) is 3. The van der Waals surface area contributed by atoms with Crippen LogP contribution < -0.4 is 16.0 Å². The van der Waals surface area contributed by atoms with Crippen LogP contribution >= 0.6 is 12.4 Å². The first-order valence-corrected chi connectivity index (χ1v) is 7.93. The van der Waals surface area contributed by atoms with Gasteiger partial charge in [0.05, 0.1) is 11.3 Å². The van der Waals surface area contributed by atoms with E-state index in [0.29, 0.717) is 29.5 Å². The van der Waals surface area contributed by atoms with Crippen LogP contribution in [0.5, 0.6) is 0 Å². The predicted octanol–water partition coefficient (Wildman–Crippen LogP) is 2.43. The molecular formula is C17H26ClN3O2. The Morgan fingerprint density at radius 1 is 1.26 bits per heavy atom. The van der Waals surface area contributed by atoms with Gasteiger partial charge in [0, 0.05) is 13.5 Å². The molecule has 0 aromatic heterocycles. The lowest BCUT2D eigenvalue weighted by atomic mass is 9.84. The van der Waals surface area contributed by atoms with E-state index in [1.807, 2.05) is 6.07 Å². The van der Waals surface area contributed by atoms with Crippen molar-refractivity contribution in [3.8, 4) is 0 Å². The molecule has 128 valence electrons. The molecule has 0 spiro atoms. The van der Waals surface area contributed by atoms with Crippen LogP contribution in [0.3, 0.4) is 0 Å². The lowest BCUT2D eigenvalue weighted by Crippen LogP contribution is -2.32. The van der Waals surface area contributed by atoms with E-state index < -0.39 is 0 Å². The molecule has 0 bridgehead atoms. The Morgan fingerprint density at radius 3 is 2.57 bits per heavy atom. The smallest absolute Gasteiger partial charge is 0.253 e. The molecule has 1 aliphatic rings. The summed E-state index contributed by atoms with van der Waals surface area (Å²) in [7, 11) is 1.58. The fourth-order valence-corrected chi connectivity index (χ4v) is 3.00. The minimum absolute atomic E-state index is 0. The van der Waals surface area contributed by atoms with Gasteiger partial charge in [-0.15, -0.1) is 12.4 Å². The molecule has 6 heteroatoms. The molecule has 3 N–H and O–H groups in total. The minimum Gasteiger partial charge on any atom is -0.355 e. The number of amides is 2. The van der Waals surface area contributed by atoms with E-state index in [9.17, 15) is 9.59 Å². The number of anilines is 1. The summed E-state index contributed by atoms with van der Waals surface area (Å²) in [5.41, 5.74) is 1.07. The molecular weight excluding hydrogens is 314 g/mol. The van der Waals surface area contributed by atoms with Crippen LogP contribution in [0, 0.1) is 11.8 Å². The average molecular weight is 340 g/mol. The number of rotatable bonds is 5. The van der Waals surface area contributed by atoms with Crippen LogP contribution in [-0.2, 0) is 4.79 Å². The number of hydrogen-bond donors (Lipinski definition) is 3. The maximum Gasteiger partial charge on any atom is 0.253 e. The normalized spacial score (nSPS) is 16.1. The summed E-state index contributed by atoms with van der Waals surface area (Å²) in [6.45, 7) is 4.21. The number of carbonyl (C=O) groups excluding carboxylic acids is 2. The van der Waals surface area contributed by atoms with Crippen molar-refractivity contribution in [2.24, 2.45) is 11.8 Å². The summed E-state index contributed by atoms with van der Waals surface area (Å²) in [4.78, 5) is 24.1. The maximum atomic E-state index is 12.3. The van der Waals surface area contributed by atoms with Crippen molar-refractivity contribution in [3.63, 3.8) is 0 Å². The lowest BCUT2D eigenvalue weighted by Gasteiger charge is -2.28. The fourth-order valence-electron chi connectivity index (χ4n) is 3.00. The van der Waals surface area contributed by atoms with Gasteiger partial charge in [0.2, 0.25) is 5.91 Å². The summed E-state index contributed by atoms with van der Waals surface area (Å²) in [5.74, 6) is 0.736. The lowest BCUT2D eigenvalue weighted by molar-refractivity contribution is -0.117. The first-order chi connectivity index (χ1) is 10.6. The molecule has 1 saturated heterocycles. The Kier molecular flexibility index (Phi) is 8.06. The van der Waals surface area contributed by atoms with Gasteiger partial charge in [0.25, 0.3) is 5.91 Å². The third-order valence-electron chi connectivity index (χ3n) is 4.37. The highest BCUT2D eigenvalue weighted by Crippen LogP contribution is 2.25. The zero-order valence-corrected chi connectivity index (χ0v) is 14.5. The second-order valence-electron chi connectivity index (χ2n) is 5.94. The topological polar surface area (TPSA) is 70.2 Å². The second kappa shape index (κ2) is 9.53. The summed E-state index contributed by atoms with van der Waals surface area (Å²) in [5, 5.41) is 8.81. The fraction of sp³-hybridized carbons (Fsp3) is 0.529. The molecule has 1 aromatic rings. The third kappa shape index (κ3) is 5.52. The van der Waals surface area contributed by atoms with E-state index in [1.165, 1.54) is 0 Å². The van der Waals surface area contributed by atoms with Crippen molar-refractivity contribution < 1.29 is 9.59 Å². The number of para-hydroxylation sites is 1. The van der Waals surface area contributed by atoms with E-state index in [4.69, 9.17) is 0 Å². The number of piperidine rings is 1. The molecule has 0 radical (unpaired) electrons. The molecule has 1 aromatic carbocycles. The summed E-state index contributed by atoms with van der Waals surface area (Å²) in [6, 6.07) is 7.08. The molecule has 2 rings (SSSR count). The number of benzene rings is 1. The van der Waals surface area contributed by atoms with Crippen molar-refractivity contribution in [2.45, 2.75) is 26.2 Å². The van der Waals surface area contributed by atoms with Gasteiger partial charge >= 0.3 is 0 Å². The van der Waals surface area contributed by atoms with Crippen molar-refractivity contribution >= 4 is 29.9 Å². The van der Waals surface area contributed by atoms with Gasteiger partial charge in [-0.1, -0.05) is 19.1 Å². The highest BCUT2D eigenvalue weighted by molar-refractivity contribution is 6.03. The number of halogens is 1. The van der Waals surface area contributed by atoms with E-state index >= 15 is 0 Å². The largest absolute Gasteiger partial charge is 0.355 e. The molecule has 1 fully saturated rings. The van der Waals surface area contributed by atoms with Crippen molar-refractivity contribution in [1.29, 1.82) is 0 Å². The molecule has 2 amide bonds. The summed E-state index contributed by atoms with van der Waals surface area (Å²) >= 11 is 0. The second-order valence-corrected chi connectivity index (χ2v) is 5.94. The van der Waals surface area contributed by atoms with Crippen LogP contribution in [0.25, 0.3) is 0 Å². The van der Waals surface area contributed by atoms with Crippen molar-refractivity contribution in [3.05, 3.63) is 29.8 Å². The SMILES string of the molecule is CNC(=O)c1ccccc1NC(=O)CC(C)C1CCNCC1.Cl. The van der Waals surface area contributed by atoms with Gasteiger partial charge < -0.3 is 16.0 Å². The van der Waals surface area contributed by atoms with E-state index in [0.717, 1.165) is 25.9 Å². The van der Waals surface area contributed by atoms with E-state index in [-0.39, 0.29) is 24.2 Å². The predicted molar refractivity (Wildman–Crippen MR) is 95.1 cm³/mol. The highest BCUT2D eigenvalue weighted by Gasteiger charge is 2.22. The van der Waals surface area contributed by atoms with Gasteiger partial charge in [0.15, 0.2) is 0 Å². The molecule has 1 aliphatic heterocycles. The van der Waals surface area contributed by atoms with Gasteiger partial charge in [0.1, 0.15) is 0 Å². The van der Waals surface area contributed by atoms with Crippen LogP contribution in [0.15, 0.2) is 24.3 Å². The van der Waals surface area contributed by atoms with Crippen molar-refractivity contribution in [2.75, 3.05) is 25.5 Å². The highest BCUT2D eigenvalue weighted by atomic mass is 35.5. The van der Waals surface area contributed by atoms with Crippen LogP contribution in [0.2, 0.25) is 0 Å². The quantitative estimate of drug-likeness (QED) is 0.771. The molecule has 0 aliphatic carbocycles. The molecule has 1 unspecified atom stereocenters. The van der Waals surface area contributed by atoms with Gasteiger partial charge in [-0.25, -0.2) is 0 Å². The molecule has 5 nitrogen and oxygen atoms in total. The van der Waals surface area contributed by atoms with Crippen LogP contribution in [0.1, 0.15) is 36.5 Å². The Balaban J connectivity index is 0.00000264. The van der Waals surface area contributed by atoms with E-state index in [2.05, 4.69) is 22.9 Å². The first-order valence-electron chi connectivity index (χ1n) is 7.93. The first kappa shape index (κ1) is 19.5. The number of nitrogens with one attached hydrogen (secondary N) is 3.